The Bertz CT molecular complexity index is 80.1. The van der Waals surface area contributed by atoms with Crippen LogP contribution in [0, 0.1) is 0 Å². The van der Waals surface area contributed by atoms with Crippen LogP contribution in [0.3, 0.4) is 0 Å². The van der Waals surface area contributed by atoms with E-state index in [1.54, 1.807) is 6.92 Å². The van der Waals surface area contributed by atoms with Crippen molar-refractivity contribution in [3.63, 3.8) is 0 Å². The molecule has 7 heavy (non-hydrogen) atoms. The molecule has 0 amide bonds. The van der Waals surface area contributed by atoms with E-state index >= 15 is 0 Å². The molecule has 2 atom stereocenters. The Labute approximate surface area is 43.3 Å². The fourth-order valence-corrected chi connectivity index (χ4v) is 0.729. The second-order valence-electron chi connectivity index (χ2n) is 2.50. The van der Waals surface area contributed by atoms with Gasteiger partial charge in [-0.2, -0.15) is 0 Å². The summed E-state index contributed by atoms with van der Waals surface area (Å²) in [6.07, 6.45) is 1.85. The minimum absolute atomic E-state index is 0.0347. The van der Waals surface area contributed by atoms with Crippen LogP contribution in [0.15, 0.2) is 0 Å². The lowest BCUT2D eigenvalue weighted by Gasteiger charge is -2.39. The molecule has 0 spiro atoms. The van der Waals surface area contributed by atoms with E-state index in [1.807, 2.05) is 0 Å². The van der Waals surface area contributed by atoms with Gasteiger partial charge in [0.15, 0.2) is 0 Å². The van der Waals surface area contributed by atoms with Crippen LogP contribution in [0.5, 0.6) is 0 Å². The summed E-state index contributed by atoms with van der Waals surface area (Å²) < 4.78 is 0. The van der Waals surface area contributed by atoms with Crippen LogP contribution in [-0.4, -0.2) is 16.7 Å². The van der Waals surface area contributed by atoms with E-state index in [-0.39, 0.29) is 6.04 Å². The van der Waals surface area contributed by atoms with Gasteiger partial charge in [-0.25, -0.2) is 0 Å². The first-order valence-corrected chi connectivity index (χ1v) is 2.61. The smallest absolute Gasteiger partial charge is 0.0770 e. The van der Waals surface area contributed by atoms with Crippen molar-refractivity contribution in [1.82, 2.24) is 0 Å². The number of aliphatic hydroxyl groups is 1. The van der Waals surface area contributed by atoms with Crippen molar-refractivity contribution < 1.29 is 5.11 Å². The highest BCUT2D eigenvalue weighted by atomic mass is 16.3. The molecule has 0 radical (unpaired) electrons. The summed E-state index contributed by atoms with van der Waals surface area (Å²) in [7, 11) is 0. The molecule has 1 aliphatic carbocycles. The van der Waals surface area contributed by atoms with E-state index in [1.165, 1.54) is 0 Å². The van der Waals surface area contributed by atoms with Gasteiger partial charge in [0.2, 0.25) is 0 Å². The molecule has 1 fully saturated rings. The average Bonchev–Trinajstić information content (AvgIpc) is 1.63. The lowest BCUT2D eigenvalue weighted by molar-refractivity contribution is -0.0367. The Kier molecular flexibility index (Phi) is 0.869. The molecule has 0 heterocycles. The average molecular weight is 101 g/mol. The summed E-state index contributed by atoms with van der Waals surface area (Å²) in [5, 5.41) is 9.06. The molecule has 0 aliphatic heterocycles. The fraction of sp³-hybridized carbons (Fsp3) is 1.00. The molecule has 3 N–H and O–H groups in total. The Morgan fingerprint density at radius 2 is 2.29 bits per heavy atom. The van der Waals surface area contributed by atoms with Crippen LogP contribution in [0.25, 0.3) is 0 Å². The van der Waals surface area contributed by atoms with E-state index in [2.05, 4.69) is 0 Å². The number of nitrogens with two attached hydrogens (primary N) is 1. The molecule has 1 aliphatic rings. The van der Waals surface area contributed by atoms with Gasteiger partial charge in [-0.1, -0.05) is 0 Å². The molecule has 0 aromatic rings. The van der Waals surface area contributed by atoms with Crippen molar-refractivity contribution in [1.29, 1.82) is 0 Å². The molecule has 0 aromatic heterocycles. The van der Waals surface area contributed by atoms with Crippen molar-refractivity contribution >= 4 is 0 Å². The highest BCUT2D eigenvalue weighted by molar-refractivity contribution is 4.95. The normalized spacial score (nSPS) is 51.0. The Morgan fingerprint density at radius 1 is 1.86 bits per heavy atom. The maximum Gasteiger partial charge on any atom is 0.0770 e. The van der Waals surface area contributed by atoms with Gasteiger partial charge in [0.25, 0.3) is 0 Å². The van der Waals surface area contributed by atoms with Gasteiger partial charge in [-0.3, -0.25) is 0 Å². The van der Waals surface area contributed by atoms with Gasteiger partial charge in [-0.15, -0.1) is 0 Å². The summed E-state index contributed by atoms with van der Waals surface area (Å²) in [6, 6.07) is 0.0347. The van der Waals surface area contributed by atoms with Gasteiger partial charge in [0, 0.05) is 6.04 Å². The van der Waals surface area contributed by atoms with Crippen LogP contribution in [0.4, 0.5) is 0 Å². The van der Waals surface area contributed by atoms with E-state index < -0.39 is 5.60 Å². The molecule has 1 saturated carbocycles. The summed E-state index contributed by atoms with van der Waals surface area (Å²) >= 11 is 0. The second-order valence-corrected chi connectivity index (χ2v) is 2.50. The largest absolute Gasteiger partial charge is 0.389 e. The van der Waals surface area contributed by atoms with Gasteiger partial charge in [0.05, 0.1) is 5.60 Å². The van der Waals surface area contributed by atoms with Crippen molar-refractivity contribution in [3.8, 4) is 0 Å². The van der Waals surface area contributed by atoms with E-state index in [0.717, 1.165) is 12.8 Å². The topological polar surface area (TPSA) is 46.2 Å². The molecule has 0 bridgehead atoms. The van der Waals surface area contributed by atoms with Gasteiger partial charge >= 0.3 is 0 Å². The van der Waals surface area contributed by atoms with Crippen molar-refractivity contribution in [3.05, 3.63) is 0 Å². The first kappa shape index (κ1) is 5.06. The second kappa shape index (κ2) is 1.20. The summed E-state index contributed by atoms with van der Waals surface area (Å²) in [6.45, 7) is 1.78. The Hall–Kier alpha value is -0.0800. The number of hydrogen-bond acceptors (Lipinski definition) is 2. The van der Waals surface area contributed by atoms with Gasteiger partial charge in [-0.05, 0) is 19.8 Å². The number of rotatable bonds is 0. The lowest BCUT2D eigenvalue weighted by atomic mass is 9.77. The summed E-state index contributed by atoms with van der Waals surface area (Å²) in [5.74, 6) is 0. The third-order valence-corrected chi connectivity index (χ3v) is 1.76. The molecule has 2 unspecified atom stereocenters. The highest BCUT2D eigenvalue weighted by Gasteiger charge is 2.37. The monoisotopic (exact) mass is 101 g/mol. The zero-order chi connectivity index (χ0) is 5.49. The molecule has 42 valence electrons. The quantitative estimate of drug-likeness (QED) is 0.446. The standard InChI is InChI=1S/C5H11NO/c1-5(7)3-2-4(5)6/h4,7H,2-3,6H2,1H3. The SMILES string of the molecule is CC1(O)CCC1N. The first-order valence-electron chi connectivity index (χ1n) is 2.61. The van der Waals surface area contributed by atoms with Gasteiger partial charge < -0.3 is 10.8 Å². The zero-order valence-electron chi connectivity index (χ0n) is 4.52. The van der Waals surface area contributed by atoms with Crippen molar-refractivity contribution in [2.24, 2.45) is 5.73 Å². The molecular weight excluding hydrogens is 90.1 g/mol. The molecular formula is C5H11NO. The first-order chi connectivity index (χ1) is 3.13. The predicted octanol–water partition coefficient (Wildman–Crippen LogP) is -0.142. The molecule has 2 heteroatoms. The maximum atomic E-state index is 9.06. The summed E-state index contributed by atoms with van der Waals surface area (Å²) in [4.78, 5) is 0. The molecule has 0 saturated heterocycles. The minimum atomic E-state index is -0.542. The van der Waals surface area contributed by atoms with Crippen molar-refractivity contribution in [2.75, 3.05) is 0 Å². The highest BCUT2D eigenvalue weighted by Crippen LogP contribution is 2.29. The van der Waals surface area contributed by atoms with Crippen LogP contribution in [0.2, 0.25) is 0 Å². The predicted molar refractivity (Wildman–Crippen MR) is 27.8 cm³/mol. The third-order valence-electron chi connectivity index (χ3n) is 1.76. The van der Waals surface area contributed by atoms with Crippen LogP contribution in [0.1, 0.15) is 19.8 Å². The molecule has 1 rings (SSSR count). The molecule has 2 nitrogen and oxygen atoms in total. The van der Waals surface area contributed by atoms with Crippen LogP contribution < -0.4 is 5.73 Å². The lowest BCUT2D eigenvalue weighted by Crippen LogP contribution is -2.54. The van der Waals surface area contributed by atoms with Crippen LogP contribution in [-0.2, 0) is 0 Å². The Morgan fingerprint density at radius 3 is 2.29 bits per heavy atom. The maximum absolute atomic E-state index is 9.06. The Balaban J connectivity index is 2.43. The summed E-state index contributed by atoms with van der Waals surface area (Å²) in [5.41, 5.74) is 4.86. The third kappa shape index (κ3) is 0.640. The molecule has 0 aromatic carbocycles. The van der Waals surface area contributed by atoms with Crippen LogP contribution >= 0.6 is 0 Å². The van der Waals surface area contributed by atoms with E-state index in [0.29, 0.717) is 0 Å². The van der Waals surface area contributed by atoms with E-state index in [9.17, 15) is 0 Å². The van der Waals surface area contributed by atoms with Crippen molar-refractivity contribution in [2.45, 2.75) is 31.4 Å². The van der Waals surface area contributed by atoms with E-state index in [4.69, 9.17) is 10.8 Å². The zero-order valence-corrected chi connectivity index (χ0v) is 4.52. The minimum Gasteiger partial charge on any atom is -0.389 e. The fourth-order valence-electron chi connectivity index (χ4n) is 0.729. The van der Waals surface area contributed by atoms with Gasteiger partial charge in [0.1, 0.15) is 0 Å². The number of hydrogen-bond donors (Lipinski definition) is 2.